The second-order valence-electron chi connectivity index (χ2n) is 9.64. The van der Waals surface area contributed by atoms with Crippen LogP contribution in [0.1, 0.15) is 65.7 Å². The second-order valence-corrected chi connectivity index (χ2v) is 9.64. The standard InChI is InChI=1S/C28H45NO7/c1-7-8-9-10-14-24(35-6)28(36-18-34-5)21(4)27(33)20(3)15-19(2)23(30)13-11-12-22-16-25(31)29-26(32)17-22/h7,10,14-15,19,21-22,24,27-28,33H,1,8-9,11-13,16-18H2,2-6H3,(H,29,31,32)/b14-10+,20-15+/t19-,21+,24-,27-,28-/m0/s1. The highest BCUT2D eigenvalue weighted by atomic mass is 16.7. The average molecular weight is 508 g/mol. The van der Waals surface area contributed by atoms with Crippen LogP contribution in [0.2, 0.25) is 0 Å². The Balaban J connectivity index is 2.73. The minimum Gasteiger partial charge on any atom is -0.388 e. The fraction of sp³-hybridized carbons (Fsp3) is 0.679. The SMILES string of the molecule is C=CCC/C=C/[C@H](OC)[C@@H](OCOC)[C@H](C)[C@@H](O)/C(C)=C/[C@H](C)C(=O)CCCC1CC(=O)NC(=O)C1. The van der Waals surface area contributed by atoms with Gasteiger partial charge in [0.1, 0.15) is 18.7 Å². The van der Waals surface area contributed by atoms with Crippen molar-refractivity contribution in [2.75, 3.05) is 21.0 Å². The number of allylic oxidation sites excluding steroid dienone is 3. The highest BCUT2D eigenvalue weighted by molar-refractivity contribution is 5.97. The lowest BCUT2D eigenvalue weighted by Crippen LogP contribution is -2.41. The lowest BCUT2D eigenvalue weighted by atomic mass is 9.87. The molecule has 2 N–H and O–H groups in total. The highest BCUT2D eigenvalue weighted by Gasteiger charge is 2.32. The third-order valence-electron chi connectivity index (χ3n) is 6.60. The molecule has 1 aliphatic heterocycles. The number of aliphatic hydroxyl groups excluding tert-OH is 1. The Hall–Kier alpha value is -2.13. The molecule has 0 saturated carbocycles. The number of hydrogen-bond acceptors (Lipinski definition) is 7. The molecule has 0 radical (unpaired) electrons. The second kappa shape index (κ2) is 17.3. The maximum Gasteiger partial charge on any atom is 0.226 e. The topological polar surface area (TPSA) is 111 Å². The first-order chi connectivity index (χ1) is 17.1. The van der Waals surface area contributed by atoms with Gasteiger partial charge < -0.3 is 19.3 Å². The summed E-state index contributed by atoms with van der Waals surface area (Å²) in [7, 11) is 3.14. The fourth-order valence-corrected chi connectivity index (χ4v) is 4.49. The van der Waals surface area contributed by atoms with Crippen molar-refractivity contribution in [2.24, 2.45) is 17.8 Å². The number of carbonyl (C=O) groups is 3. The predicted octanol–water partition coefficient (Wildman–Crippen LogP) is 3.88. The molecule has 0 aromatic carbocycles. The molecule has 5 atom stereocenters. The van der Waals surface area contributed by atoms with Gasteiger partial charge in [0, 0.05) is 45.3 Å². The van der Waals surface area contributed by atoms with Gasteiger partial charge in [0.2, 0.25) is 11.8 Å². The molecule has 0 bridgehead atoms. The normalized spacial score (nSPS) is 19.6. The number of amides is 2. The van der Waals surface area contributed by atoms with Crippen molar-refractivity contribution < 1.29 is 33.7 Å². The molecule has 1 saturated heterocycles. The molecule has 0 spiro atoms. The van der Waals surface area contributed by atoms with Gasteiger partial charge in [-0.25, -0.2) is 0 Å². The van der Waals surface area contributed by atoms with Crippen molar-refractivity contribution in [3.63, 3.8) is 0 Å². The number of carbonyl (C=O) groups excluding carboxylic acids is 3. The number of rotatable bonds is 18. The van der Waals surface area contributed by atoms with Crippen LogP contribution in [0.25, 0.3) is 0 Å². The van der Waals surface area contributed by atoms with Crippen molar-refractivity contribution in [3.05, 3.63) is 36.5 Å². The van der Waals surface area contributed by atoms with Gasteiger partial charge in [-0.15, -0.1) is 6.58 Å². The maximum atomic E-state index is 12.7. The van der Waals surface area contributed by atoms with Gasteiger partial charge in [0.25, 0.3) is 0 Å². The van der Waals surface area contributed by atoms with E-state index in [1.165, 1.54) is 0 Å². The van der Waals surface area contributed by atoms with Crippen LogP contribution >= 0.6 is 0 Å². The zero-order chi connectivity index (χ0) is 27.1. The first-order valence-electron chi connectivity index (χ1n) is 12.8. The Morgan fingerprint density at radius 2 is 1.86 bits per heavy atom. The molecule has 1 aliphatic rings. The molecule has 204 valence electrons. The Morgan fingerprint density at radius 1 is 1.19 bits per heavy atom. The maximum absolute atomic E-state index is 12.7. The molecule has 2 amide bonds. The number of ether oxygens (including phenoxy) is 3. The van der Waals surface area contributed by atoms with Crippen molar-refractivity contribution >= 4 is 17.6 Å². The lowest BCUT2D eigenvalue weighted by Gasteiger charge is -2.32. The van der Waals surface area contributed by atoms with Crippen LogP contribution in [-0.2, 0) is 28.6 Å². The fourth-order valence-electron chi connectivity index (χ4n) is 4.49. The number of Topliss-reactive ketones (excluding diaryl/α,β-unsaturated/α-hetero) is 1. The number of piperidine rings is 1. The molecular formula is C28H45NO7. The highest BCUT2D eigenvalue weighted by Crippen LogP contribution is 2.25. The summed E-state index contributed by atoms with van der Waals surface area (Å²) in [4.78, 5) is 35.7. The number of hydrogen-bond donors (Lipinski definition) is 2. The molecule has 0 unspecified atom stereocenters. The van der Waals surface area contributed by atoms with Gasteiger partial charge in [0.05, 0.1) is 12.2 Å². The molecule has 1 rings (SSSR count). The number of aliphatic hydroxyl groups is 1. The van der Waals surface area contributed by atoms with E-state index < -0.39 is 12.2 Å². The molecule has 0 aliphatic carbocycles. The number of nitrogens with one attached hydrogen (secondary N) is 1. The zero-order valence-corrected chi connectivity index (χ0v) is 22.5. The van der Waals surface area contributed by atoms with Gasteiger partial charge in [-0.05, 0) is 44.1 Å². The Morgan fingerprint density at radius 3 is 2.44 bits per heavy atom. The zero-order valence-electron chi connectivity index (χ0n) is 22.5. The molecule has 8 heteroatoms. The van der Waals surface area contributed by atoms with Gasteiger partial charge in [0.15, 0.2) is 0 Å². The van der Waals surface area contributed by atoms with E-state index in [1.54, 1.807) is 20.3 Å². The number of unbranched alkanes of at least 4 members (excludes halogenated alkanes) is 1. The van der Waals surface area contributed by atoms with Crippen LogP contribution in [0, 0.1) is 17.8 Å². The molecule has 0 aromatic rings. The third-order valence-corrected chi connectivity index (χ3v) is 6.60. The molecule has 8 nitrogen and oxygen atoms in total. The van der Waals surface area contributed by atoms with Crippen LogP contribution in [0.15, 0.2) is 36.5 Å². The Labute approximate surface area is 216 Å². The largest absolute Gasteiger partial charge is 0.388 e. The van der Waals surface area contributed by atoms with E-state index in [4.69, 9.17) is 14.2 Å². The predicted molar refractivity (Wildman–Crippen MR) is 139 cm³/mol. The molecule has 1 heterocycles. The van der Waals surface area contributed by atoms with Crippen LogP contribution in [0.3, 0.4) is 0 Å². The van der Waals surface area contributed by atoms with Gasteiger partial charge in [-0.3, -0.25) is 19.7 Å². The van der Waals surface area contributed by atoms with Crippen molar-refractivity contribution in [1.29, 1.82) is 0 Å². The number of imide groups is 1. The Kier molecular flexibility index (Phi) is 15.4. The summed E-state index contributed by atoms with van der Waals surface area (Å²) < 4.78 is 16.6. The first-order valence-corrected chi connectivity index (χ1v) is 12.8. The van der Waals surface area contributed by atoms with E-state index >= 15 is 0 Å². The van der Waals surface area contributed by atoms with Crippen LogP contribution in [0.4, 0.5) is 0 Å². The summed E-state index contributed by atoms with van der Waals surface area (Å²) in [5.74, 6) is -1.12. The molecule has 1 fully saturated rings. The van der Waals surface area contributed by atoms with E-state index in [1.807, 2.05) is 39.0 Å². The summed E-state index contributed by atoms with van der Waals surface area (Å²) in [5.41, 5.74) is 0.689. The van der Waals surface area contributed by atoms with E-state index in [-0.39, 0.29) is 48.2 Å². The summed E-state index contributed by atoms with van der Waals surface area (Å²) in [5, 5.41) is 13.4. The van der Waals surface area contributed by atoms with E-state index in [0.717, 1.165) is 12.8 Å². The van der Waals surface area contributed by atoms with Crippen LogP contribution in [-0.4, -0.2) is 62.0 Å². The monoisotopic (exact) mass is 507 g/mol. The van der Waals surface area contributed by atoms with Crippen LogP contribution in [0.5, 0.6) is 0 Å². The summed E-state index contributed by atoms with van der Waals surface area (Å²) in [6, 6.07) is 0. The van der Waals surface area contributed by atoms with Gasteiger partial charge in [-0.1, -0.05) is 38.2 Å². The van der Waals surface area contributed by atoms with Gasteiger partial charge in [-0.2, -0.15) is 0 Å². The van der Waals surface area contributed by atoms with Crippen LogP contribution < -0.4 is 5.32 Å². The average Bonchev–Trinajstić information content (AvgIpc) is 2.83. The lowest BCUT2D eigenvalue weighted by molar-refractivity contribution is -0.139. The minimum atomic E-state index is -0.840. The minimum absolute atomic E-state index is 0.00195. The summed E-state index contributed by atoms with van der Waals surface area (Å²) in [6.45, 7) is 9.31. The first kappa shape index (κ1) is 31.9. The van der Waals surface area contributed by atoms with E-state index in [0.29, 0.717) is 37.7 Å². The number of methoxy groups -OCH3 is 2. The van der Waals surface area contributed by atoms with E-state index in [2.05, 4.69) is 11.9 Å². The Bertz CT molecular complexity index is 760. The molecular weight excluding hydrogens is 462 g/mol. The molecule has 36 heavy (non-hydrogen) atoms. The summed E-state index contributed by atoms with van der Waals surface area (Å²) in [6.07, 6.45) is 9.92. The van der Waals surface area contributed by atoms with Crippen molar-refractivity contribution in [3.8, 4) is 0 Å². The van der Waals surface area contributed by atoms with Crippen molar-refractivity contribution in [2.45, 2.75) is 84.0 Å². The molecule has 0 aromatic heterocycles. The number of ketones is 1. The third kappa shape index (κ3) is 11.3. The van der Waals surface area contributed by atoms with E-state index in [9.17, 15) is 19.5 Å². The summed E-state index contributed by atoms with van der Waals surface area (Å²) >= 11 is 0. The van der Waals surface area contributed by atoms with Gasteiger partial charge >= 0.3 is 0 Å². The quantitative estimate of drug-likeness (QED) is 0.125. The smallest absolute Gasteiger partial charge is 0.226 e. The van der Waals surface area contributed by atoms with Crippen molar-refractivity contribution in [1.82, 2.24) is 5.32 Å².